The molecule has 9 nitrogen and oxygen atoms in total. The zero-order valence-electron chi connectivity index (χ0n) is 25.4. The second-order valence-corrected chi connectivity index (χ2v) is 13.1. The van der Waals surface area contributed by atoms with Crippen molar-refractivity contribution in [2.45, 2.75) is 63.6 Å². The third-order valence-corrected chi connectivity index (χ3v) is 8.01. The molecule has 1 saturated heterocycles. The lowest BCUT2D eigenvalue weighted by Gasteiger charge is -2.33. The molecule has 0 bridgehead atoms. The van der Waals surface area contributed by atoms with Crippen molar-refractivity contribution in [1.29, 1.82) is 5.26 Å². The van der Waals surface area contributed by atoms with E-state index in [1.54, 1.807) is 17.0 Å². The van der Waals surface area contributed by atoms with Gasteiger partial charge in [-0.25, -0.2) is 9.78 Å². The Morgan fingerprint density at radius 2 is 1.64 bits per heavy atom. The van der Waals surface area contributed by atoms with E-state index in [-0.39, 0.29) is 16.9 Å². The van der Waals surface area contributed by atoms with Crippen LogP contribution in [0.4, 0.5) is 4.79 Å². The van der Waals surface area contributed by atoms with Crippen molar-refractivity contribution in [2.24, 2.45) is 0 Å². The summed E-state index contributed by atoms with van der Waals surface area (Å²) >= 11 is 0. The van der Waals surface area contributed by atoms with Crippen LogP contribution < -0.4 is 4.74 Å². The normalized spacial score (nSPS) is 13.9. The number of rotatable bonds is 5. The number of benzene rings is 3. The summed E-state index contributed by atoms with van der Waals surface area (Å²) in [5.74, 6) is 0.860. The third-order valence-electron chi connectivity index (χ3n) is 7.14. The molecular formula is C34H37N3O6S. The molecule has 1 aliphatic heterocycles. The number of hydrogen-bond acceptors (Lipinski definition) is 7. The van der Waals surface area contributed by atoms with Crippen molar-refractivity contribution in [3.8, 4) is 11.9 Å². The largest absolute Gasteiger partial charge is 0.473 e. The number of nitrogens with zero attached hydrogens (tertiary/aromatic N) is 3. The Bertz CT molecular complexity index is 1750. The van der Waals surface area contributed by atoms with Gasteiger partial charge in [-0.2, -0.15) is 13.7 Å². The number of amides is 1. The van der Waals surface area contributed by atoms with E-state index in [9.17, 15) is 18.5 Å². The molecule has 1 N–H and O–H groups in total. The van der Waals surface area contributed by atoms with Gasteiger partial charge in [0.1, 0.15) is 12.2 Å². The molecular weight excluding hydrogens is 578 g/mol. The smallest absolute Gasteiger partial charge is 0.410 e. The fraction of sp³-hybridized carbons (Fsp3) is 0.324. The Labute approximate surface area is 258 Å². The lowest BCUT2D eigenvalue weighted by atomic mass is 9.93. The fourth-order valence-electron chi connectivity index (χ4n) is 4.87. The SMILES string of the molecule is CC(C)(C)OC(=O)N1CCC(c2cccc(OCc3ccc(C#N)c4ccccc34)n2)CC1.Cc1ccc(S(=O)(=O)O)cc1. The summed E-state index contributed by atoms with van der Waals surface area (Å²) in [6.07, 6.45) is 1.44. The highest BCUT2D eigenvalue weighted by atomic mass is 32.2. The first kappa shape index (κ1) is 32.5. The zero-order chi connectivity index (χ0) is 31.9. The monoisotopic (exact) mass is 615 g/mol. The van der Waals surface area contributed by atoms with Crippen molar-refractivity contribution in [3.63, 3.8) is 0 Å². The van der Waals surface area contributed by atoms with Crippen LogP contribution in [0.1, 0.15) is 61.9 Å². The molecule has 1 fully saturated rings. The maximum absolute atomic E-state index is 12.3. The first-order valence-corrected chi connectivity index (χ1v) is 15.8. The van der Waals surface area contributed by atoms with Crippen LogP contribution >= 0.6 is 0 Å². The van der Waals surface area contributed by atoms with Gasteiger partial charge < -0.3 is 14.4 Å². The summed E-state index contributed by atoms with van der Waals surface area (Å²) in [5.41, 5.74) is 3.13. The van der Waals surface area contributed by atoms with Crippen LogP contribution in [0, 0.1) is 18.3 Å². The predicted molar refractivity (Wildman–Crippen MR) is 168 cm³/mol. The van der Waals surface area contributed by atoms with E-state index in [4.69, 9.17) is 19.0 Å². The lowest BCUT2D eigenvalue weighted by Crippen LogP contribution is -2.41. The third kappa shape index (κ3) is 8.78. The van der Waals surface area contributed by atoms with Crippen molar-refractivity contribution in [2.75, 3.05) is 13.1 Å². The molecule has 230 valence electrons. The van der Waals surface area contributed by atoms with Crippen molar-refractivity contribution in [3.05, 3.63) is 101 Å². The Hall–Kier alpha value is -4.46. The Balaban J connectivity index is 0.000000339. The summed E-state index contributed by atoms with van der Waals surface area (Å²) in [6, 6.07) is 25.7. The van der Waals surface area contributed by atoms with Crippen LogP contribution in [0.2, 0.25) is 0 Å². The van der Waals surface area contributed by atoms with Gasteiger partial charge in [0, 0.05) is 30.8 Å². The van der Waals surface area contributed by atoms with Crippen molar-refractivity contribution >= 4 is 27.0 Å². The number of nitriles is 1. The number of carbonyl (C=O) groups is 1. The summed E-state index contributed by atoms with van der Waals surface area (Å²) in [5, 5.41) is 11.3. The highest BCUT2D eigenvalue weighted by Crippen LogP contribution is 2.29. The first-order chi connectivity index (χ1) is 20.8. The molecule has 2 heterocycles. The quantitative estimate of drug-likeness (QED) is 0.237. The second kappa shape index (κ2) is 13.9. The average molecular weight is 616 g/mol. The van der Waals surface area contributed by atoms with E-state index < -0.39 is 15.7 Å². The molecule has 0 saturated carbocycles. The van der Waals surface area contributed by atoms with Crippen LogP contribution in [0.5, 0.6) is 5.88 Å². The van der Waals surface area contributed by atoms with E-state index >= 15 is 0 Å². The number of pyridine rings is 1. The molecule has 0 spiro atoms. The number of likely N-dealkylation sites (tertiary alicyclic amines) is 1. The van der Waals surface area contributed by atoms with Crippen LogP contribution in [-0.2, 0) is 21.5 Å². The highest BCUT2D eigenvalue weighted by Gasteiger charge is 2.28. The van der Waals surface area contributed by atoms with Gasteiger partial charge in [-0.3, -0.25) is 4.55 Å². The molecule has 1 amide bonds. The summed E-state index contributed by atoms with van der Waals surface area (Å²) in [4.78, 5) is 18.8. The van der Waals surface area contributed by atoms with Gasteiger partial charge in [-0.1, -0.05) is 54.1 Å². The molecule has 44 heavy (non-hydrogen) atoms. The number of aryl methyl sites for hydroxylation is 1. The molecule has 3 aromatic carbocycles. The number of fused-ring (bicyclic) bond motifs is 1. The van der Waals surface area contributed by atoms with Crippen LogP contribution in [0.3, 0.4) is 0 Å². The van der Waals surface area contributed by atoms with Gasteiger partial charge in [-0.05, 0) is 81.1 Å². The fourth-order valence-corrected chi connectivity index (χ4v) is 5.35. The van der Waals surface area contributed by atoms with Crippen LogP contribution in [0.15, 0.2) is 83.8 Å². The molecule has 10 heteroatoms. The molecule has 0 aliphatic carbocycles. The molecule has 5 rings (SSSR count). The standard InChI is InChI=1S/C27H29N3O3.C7H8O3S/c1-27(2,3)33-26(31)30-15-13-19(14-16-30)24-9-6-10-25(29-24)32-18-21-12-11-20(17-28)22-7-4-5-8-23(21)22;1-6-2-4-7(5-3-6)11(8,9)10/h4-12,19H,13-16,18H2,1-3H3;2-5H,1H3,(H,8,9,10). The summed E-state index contributed by atoms with van der Waals surface area (Å²) < 4.78 is 41.1. The summed E-state index contributed by atoms with van der Waals surface area (Å²) in [7, 11) is -4.02. The maximum Gasteiger partial charge on any atom is 0.410 e. The van der Waals surface area contributed by atoms with Gasteiger partial charge in [0.25, 0.3) is 10.1 Å². The van der Waals surface area contributed by atoms with E-state index in [2.05, 4.69) is 6.07 Å². The maximum atomic E-state index is 12.3. The second-order valence-electron chi connectivity index (χ2n) is 11.6. The van der Waals surface area contributed by atoms with Gasteiger partial charge in [0.15, 0.2) is 0 Å². The Kier molecular flexibility index (Phi) is 10.2. The molecule has 1 aromatic heterocycles. The zero-order valence-corrected chi connectivity index (χ0v) is 26.2. The molecule has 0 radical (unpaired) electrons. The minimum absolute atomic E-state index is 0.0666. The number of aromatic nitrogens is 1. The van der Waals surface area contributed by atoms with E-state index in [1.165, 1.54) is 12.1 Å². The summed E-state index contributed by atoms with van der Waals surface area (Å²) in [6.45, 7) is 9.18. The number of carbonyl (C=O) groups excluding carboxylic acids is 1. The van der Waals surface area contributed by atoms with Gasteiger partial charge in [-0.15, -0.1) is 0 Å². The van der Waals surface area contributed by atoms with Crippen LogP contribution in [0.25, 0.3) is 10.8 Å². The van der Waals surface area contributed by atoms with Crippen LogP contribution in [-0.4, -0.2) is 47.6 Å². The van der Waals surface area contributed by atoms with Crippen molar-refractivity contribution in [1.82, 2.24) is 9.88 Å². The number of hydrogen-bond donors (Lipinski definition) is 1. The predicted octanol–water partition coefficient (Wildman–Crippen LogP) is 7.04. The molecule has 4 aromatic rings. The minimum Gasteiger partial charge on any atom is -0.473 e. The minimum atomic E-state index is -4.02. The lowest BCUT2D eigenvalue weighted by molar-refractivity contribution is 0.0203. The topological polar surface area (TPSA) is 130 Å². The highest BCUT2D eigenvalue weighted by molar-refractivity contribution is 7.85. The first-order valence-electron chi connectivity index (χ1n) is 14.4. The van der Waals surface area contributed by atoms with Crippen molar-refractivity contribution < 1.29 is 27.2 Å². The van der Waals surface area contributed by atoms with E-state index in [0.29, 0.717) is 31.1 Å². The molecule has 0 unspecified atom stereocenters. The number of ether oxygens (including phenoxy) is 2. The van der Waals surface area contributed by atoms with E-state index in [0.717, 1.165) is 40.4 Å². The molecule has 1 aliphatic rings. The van der Waals surface area contributed by atoms with E-state index in [1.807, 2.05) is 82.3 Å². The average Bonchev–Trinajstić information content (AvgIpc) is 2.99. The van der Waals surface area contributed by atoms with Gasteiger partial charge in [0.05, 0.1) is 16.5 Å². The number of piperidine rings is 1. The molecule has 0 atom stereocenters. The Morgan fingerprint density at radius 1 is 0.977 bits per heavy atom. The Morgan fingerprint density at radius 3 is 2.25 bits per heavy atom. The van der Waals surface area contributed by atoms with Gasteiger partial charge in [0.2, 0.25) is 5.88 Å². The van der Waals surface area contributed by atoms with Gasteiger partial charge >= 0.3 is 6.09 Å².